The van der Waals surface area contributed by atoms with Gasteiger partial charge >= 0.3 is 6.36 Å². The minimum absolute atomic E-state index is 0.0236. The molecule has 0 saturated heterocycles. The Kier molecular flexibility index (Phi) is 9.15. The Bertz CT molecular complexity index is 1410. The number of nitrogens with zero attached hydrogens (tertiary/aromatic N) is 1. The first-order chi connectivity index (χ1) is 18.6. The number of ether oxygens (including phenoxy) is 1. The molecule has 0 radical (unpaired) electrons. The van der Waals surface area contributed by atoms with E-state index in [1.165, 1.54) is 31.2 Å². The van der Waals surface area contributed by atoms with Gasteiger partial charge < -0.3 is 4.74 Å². The van der Waals surface area contributed by atoms with Gasteiger partial charge in [0, 0.05) is 17.1 Å². The Morgan fingerprint density at radius 1 is 0.744 bits per heavy atom. The van der Waals surface area contributed by atoms with E-state index in [0.29, 0.717) is 16.3 Å². The van der Waals surface area contributed by atoms with Crippen LogP contribution in [0.2, 0.25) is 0 Å². The topological polar surface area (TPSA) is 22.1 Å². The first-order valence-electron chi connectivity index (χ1n) is 13.0. The second-order valence-electron chi connectivity index (χ2n) is 9.62. The lowest BCUT2D eigenvalue weighted by atomic mass is 9.97. The van der Waals surface area contributed by atoms with Crippen molar-refractivity contribution >= 4 is 10.8 Å². The quantitative estimate of drug-likeness (QED) is 0.138. The predicted molar refractivity (Wildman–Crippen MR) is 140 cm³/mol. The summed E-state index contributed by atoms with van der Waals surface area (Å²) >= 11 is 0. The van der Waals surface area contributed by atoms with E-state index in [1.54, 1.807) is 24.4 Å². The average molecular weight is 546 g/mol. The number of halogens is 6. The van der Waals surface area contributed by atoms with Crippen molar-refractivity contribution in [1.29, 1.82) is 0 Å². The molecule has 0 aliphatic rings. The molecule has 0 aliphatic carbocycles. The number of pyridine rings is 1. The van der Waals surface area contributed by atoms with Crippen LogP contribution in [0.25, 0.3) is 22.0 Å². The van der Waals surface area contributed by atoms with E-state index in [0.717, 1.165) is 36.2 Å². The van der Waals surface area contributed by atoms with Gasteiger partial charge in [0.15, 0.2) is 11.6 Å². The third-order valence-electron chi connectivity index (χ3n) is 6.68. The molecular weight excluding hydrogens is 516 g/mol. The third-order valence-corrected chi connectivity index (χ3v) is 6.68. The van der Waals surface area contributed by atoms with Gasteiger partial charge in [0.2, 0.25) is 5.75 Å². The summed E-state index contributed by atoms with van der Waals surface area (Å²) in [5, 5.41) is 1.08. The van der Waals surface area contributed by atoms with Crippen molar-refractivity contribution in [1.82, 2.24) is 4.98 Å². The molecule has 0 N–H and O–H groups in total. The fourth-order valence-corrected chi connectivity index (χ4v) is 4.66. The summed E-state index contributed by atoms with van der Waals surface area (Å²) in [5.74, 6) is -4.90. The average Bonchev–Trinajstić information content (AvgIpc) is 2.90. The molecule has 206 valence electrons. The Labute approximate surface area is 223 Å². The van der Waals surface area contributed by atoms with Gasteiger partial charge in [0.25, 0.3) is 0 Å². The van der Waals surface area contributed by atoms with Crippen LogP contribution in [0, 0.1) is 17.5 Å². The predicted octanol–water partition coefficient (Wildman–Crippen LogP) is 9.52. The molecule has 0 atom stereocenters. The number of hydrogen-bond donors (Lipinski definition) is 0. The van der Waals surface area contributed by atoms with E-state index in [4.69, 9.17) is 0 Å². The fraction of sp³-hybridized carbons (Fsp3) is 0.323. The summed E-state index contributed by atoms with van der Waals surface area (Å²) in [6.45, 7) is 2.19. The van der Waals surface area contributed by atoms with Crippen LogP contribution in [0.15, 0.2) is 60.8 Å². The lowest BCUT2D eigenvalue weighted by molar-refractivity contribution is -0.276. The molecule has 39 heavy (non-hydrogen) atoms. The van der Waals surface area contributed by atoms with Crippen LogP contribution in [0.3, 0.4) is 0 Å². The van der Waals surface area contributed by atoms with Gasteiger partial charge in [-0.15, -0.1) is 13.2 Å². The molecule has 0 bridgehead atoms. The van der Waals surface area contributed by atoms with Crippen molar-refractivity contribution in [3.8, 4) is 17.0 Å². The maximum absolute atomic E-state index is 15.3. The highest BCUT2D eigenvalue weighted by molar-refractivity contribution is 5.88. The summed E-state index contributed by atoms with van der Waals surface area (Å²) in [7, 11) is 0. The van der Waals surface area contributed by atoms with E-state index in [1.807, 2.05) is 18.2 Å². The zero-order chi connectivity index (χ0) is 28.0. The molecular formula is C31H29F6NO. The van der Waals surface area contributed by atoms with Crippen LogP contribution in [0.1, 0.15) is 55.7 Å². The van der Waals surface area contributed by atoms with Gasteiger partial charge in [0.1, 0.15) is 5.82 Å². The van der Waals surface area contributed by atoms with E-state index in [-0.39, 0.29) is 18.4 Å². The third kappa shape index (κ3) is 7.52. The lowest BCUT2D eigenvalue weighted by Gasteiger charge is -2.12. The number of fused-ring (bicyclic) bond motifs is 1. The number of unbranched alkanes of at least 4 members (excludes halogenated alkanes) is 4. The second kappa shape index (κ2) is 12.5. The minimum atomic E-state index is -5.22. The lowest BCUT2D eigenvalue weighted by Crippen LogP contribution is -2.19. The Morgan fingerprint density at radius 2 is 1.49 bits per heavy atom. The van der Waals surface area contributed by atoms with Crippen molar-refractivity contribution in [2.45, 2.75) is 64.7 Å². The maximum atomic E-state index is 15.3. The van der Waals surface area contributed by atoms with Gasteiger partial charge in [-0.2, -0.15) is 0 Å². The largest absolute Gasteiger partial charge is 0.573 e. The summed E-state index contributed by atoms with van der Waals surface area (Å²) in [6, 6.07) is 14.4. The second-order valence-corrected chi connectivity index (χ2v) is 9.62. The Morgan fingerprint density at radius 3 is 2.21 bits per heavy atom. The smallest absolute Gasteiger partial charge is 0.399 e. The van der Waals surface area contributed by atoms with Crippen molar-refractivity contribution in [3.63, 3.8) is 0 Å². The van der Waals surface area contributed by atoms with Gasteiger partial charge in [-0.25, -0.2) is 13.2 Å². The molecule has 0 spiro atoms. The molecule has 0 aliphatic heterocycles. The van der Waals surface area contributed by atoms with Gasteiger partial charge in [-0.05, 0) is 78.1 Å². The normalized spacial score (nSPS) is 11.8. The molecule has 0 unspecified atom stereocenters. The summed E-state index contributed by atoms with van der Waals surface area (Å²) in [6.07, 6.45) is 3.70. The molecule has 0 fully saturated rings. The van der Waals surface area contributed by atoms with E-state index < -0.39 is 29.6 Å². The Hall–Kier alpha value is -3.55. The molecule has 3 aromatic carbocycles. The molecule has 4 aromatic rings. The number of rotatable bonds is 11. The molecule has 0 saturated carbocycles. The zero-order valence-electron chi connectivity index (χ0n) is 21.6. The van der Waals surface area contributed by atoms with Gasteiger partial charge in [-0.3, -0.25) is 4.98 Å². The molecule has 1 heterocycles. The van der Waals surface area contributed by atoms with Crippen molar-refractivity contribution < 1.29 is 31.1 Å². The fourth-order valence-electron chi connectivity index (χ4n) is 4.66. The Balaban J connectivity index is 1.47. The van der Waals surface area contributed by atoms with Crippen LogP contribution >= 0.6 is 0 Å². The molecule has 2 nitrogen and oxygen atoms in total. The highest BCUT2D eigenvalue weighted by atomic mass is 19.4. The van der Waals surface area contributed by atoms with Crippen LogP contribution in [-0.2, 0) is 19.3 Å². The summed E-state index contributed by atoms with van der Waals surface area (Å²) < 4.78 is 83.8. The van der Waals surface area contributed by atoms with Crippen LogP contribution in [0.5, 0.6) is 5.75 Å². The monoisotopic (exact) mass is 545 g/mol. The van der Waals surface area contributed by atoms with Crippen molar-refractivity contribution in [3.05, 3.63) is 94.9 Å². The number of aryl methyl sites for hydroxylation is 3. The van der Waals surface area contributed by atoms with E-state index >= 15 is 4.39 Å². The highest BCUT2D eigenvalue weighted by Gasteiger charge is 2.34. The van der Waals surface area contributed by atoms with Gasteiger partial charge in [0.05, 0.1) is 5.69 Å². The number of benzene rings is 3. The highest BCUT2D eigenvalue weighted by Crippen LogP contribution is 2.31. The number of aromatic nitrogens is 1. The van der Waals surface area contributed by atoms with E-state index in [2.05, 4.69) is 22.7 Å². The first-order valence-corrected chi connectivity index (χ1v) is 13.0. The maximum Gasteiger partial charge on any atom is 0.573 e. The molecule has 1 aromatic heterocycles. The molecule has 4 rings (SSSR count). The number of alkyl halides is 3. The minimum Gasteiger partial charge on any atom is -0.399 e. The standard InChI is InChI=1S/C31H29F6NO/c1-2-3-4-5-6-7-20-14-15-38-28(18-20)24-12-13-25-23(19-24)11-10-22(29(25)34)9-8-21-16-26(32)30(27(33)17-21)39-31(35,36)37/h10-19H,2-9H2,1H3. The zero-order valence-corrected chi connectivity index (χ0v) is 21.6. The van der Waals surface area contributed by atoms with Crippen LogP contribution < -0.4 is 4.74 Å². The summed E-state index contributed by atoms with van der Waals surface area (Å²) in [4.78, 5) is 4.49. The van der Waals surface area contributed by atoms with Crippen molar-refractivity contribution in [2.24, 2.45) is 0 Å². The number of hydrogen-bond acceptors (Lipinski definition) is 2. The molecule has 8 heteroatoms. The molecule has 0 amide bonds. The van der Waals surface area contributed by atoms with Crippen LogP contribution in [0.4, 0.5) is 26.3 Å². The van der Waals surface area contributed by atoms with Crippen molar-refractivity contribution in [2.75, 3.05) is 0 Å². The first kappa shape index (κ1) is 28.5. The van der Waals surface area contributed by atoms with Crippen LogP contribution in [-0.4, -0.2) is 11.3 Å². The van der Waals surface area contributed by atoms with Gasteiger partial charge in [-0.1, -0.05) is 56.9 Å². The summed E-state index contributed by atoms with van der Waals surface area (Å²) in [5.41, 5.74) is 3.31. The van der Waals surface area contributed by atoms with E-state index in [9.17, 15) is 22.0 Å². The SMILES string of the molecule is CCCCCCCc1ccnc(-c2ccc3c(F)c(CCc4cc(F)c(OC(F)(F)F)c(F)c4)ccc3c2)c1.